The SMILES string of the molecule is CC1=NC(=O)SC1C(=O)O. The molecule has 0 saturated heterocycles. The van der Waals surface area contributed by atoms with Crippen LogP contribution in [0.3, 0.4) is 0 Å². The molecule has 0 radical (unpaired) electrons. The highest BCUT2D eigenvalue weighted by molar-refractivity contribution is 8.15. The third-order valence-corrected chi connectivity index (χ3v) is 2.16. The molecule has 54 valence electrons. The third-order valence-electron chi connectivity index (χ3n) is 1.09. The van der Waals surface area contributed by atoms with Crippen molar-refractivity contribution in [3.63, 3.8) is 0 Å². The third kappa shape index (κ3) is 1.18. The number of hydrogen-bond acceptors (Lipinski definition) is 3. The van der Waals surface area contributed by atoms with E-state index < -0.39 is 16.5 Å². The molecule has 0 spiro atoms. The highest BCUT2D eigenvalue weighted by Crippen LogP contribution is 2.22. The lowest BCUT2D eigenvalue weighted by Crippen LogP contribution is -2.20. The number of nitrogens with zero attached hydrogens (tertiary/aromatic N) is 1. The zero-order valence-electron chi connectivity index (χ0n) is 5.20. The van der Waals surface area contributed by atoms with Crippen LogP contribution in [0.4, 0.5) is 4.79 Å². The Labute approximate surface area is 61.3 Å². The molecular formula is C5H5NO3S. The summed E-state index contributed by atoms with van der Waals surface area (Å²) in [6.07, 6.45) is 0. The molecule has 1 N–H and O–H groups in total. The van der Waals surface area contributed by atoms with Crippen molar-refractivity contribution in [3.05, 3.63) is 0 Å². The molecule has 0 aromatic heterocycles. The minimum atomic E-state index is -1.00. The molecule has 1 heterocycles. The van der Waals surface area contributed by atoms with Crippen LogP contribution in [0.1, 0.15) is 6.92 Å². The van der Waals surface area contributed by atoms with Crippen LogP contribution in [0.5, 0.6) is 0 Å². The topological polar surface area (TPSA) is 66.7 Å². The van der Waals surface area contributed by atoms with Crippen LogP contribution in [-0.2, 0) is 4.79 Å². The summed E-state index contributed by atoms with van der Waals surface area (Å²) in [7, 11) is 0. The number of carbonyl (C=O) groups is 2. The number of carboxylic acids is 1. The van der Waals surface area contributed by atoms with Gasteiger partial charge in [-0.05, 0) is 18.7 Å². The van der Waals surface area contributed by atoms with E-state index in [1.54, 1.807) is 0 Å². The fourth-order valence-electron chi connectivity index (χ4n) is 0.644. The van der Waals surface area contributed by atoms with E-state index in [0.717, 1.165) is 11.8 Å². The number of carboxylic acid groups (broad SMARTS) is 1. The zero-order valence-corrected chi connectivity index (χ0v) is 6.01. The smallest absolute Gasteiger partial charge is 0.322 e. The van der Waals surface area contributed by atoms with Crippen molar-refractivity contribution in [1.29, 1.82) is 0 Å². The summed E-state index contributed by atoms with van der Waals surface area (Å²) in [5, 5.41) is 7.28. The lowest BCUT2D eigenvalue weighted by Gasteiger charge is -1.97. The maximum absolute atomic E-state index is 10.5. The molecule has 0 bridgehead atoms. The fourth-order valence-corrected chi connectivity index (χ4v) is 1.37. The van der Waals surface area contributed by atoms with Crippen molar-refractivity contribution in [2.45, 2.75) is 12.2 Å². The average molecular weight is 159 g/mol. The molecule has 0 saturated carbocycles. The minimum Gasteiger partial charge on any atom is -0.480 e. The molecule has 0 aliphatic carbocycles. The lowest BCUT2D eigenvalue weighted by atomic mass is 10.3. The van der Waals surface area contributed by atoms with Crippen molar-refractivity contribution in [3.8, 4) is 0 Å². The Bertz CT molecular complexity index is 223. The van der Waals surface area contributed by atoms with E-state index in [1.165, 1.54) is 6.92 Å². The van der Waals surface area contributed by atoms with Gasteiger partial charge in [0.2, 0.25) is 0 Å². The summed E-state index contributed by atoms with van der Waals surface area (Å²) in [5.74, 6) is -1.00. The van der Waals surface area contributed by atoms with Gasteiger partial charge in [0, 0.05) is 5.71 Å². The predicted octanol–water partition coefficient (Wildman–Crippen LogP) is 0.767. The molecule has 5 heteroatoms. The van der Waals surface area contributed by atoms with Gasteiger partial charge in [-0.2, -0.15) is 0 Å². The van der Waals surface area contributed by atoms with E-state index >= 15 is 0 Å². The lowest BCUT2D eigenvalue weighted by molar-refractivity contribution is -0.135. The first kappa shape index (κ1) is 7.27. The first-order chi connectivity index (χ1) is 4.61. The van der Waals surface area contributed by atoms with Gasteiger partial charge in [0.05, 0.1) is 0 Å². The van der Waals surface area contributed by atoms with Crippen LogP contribution in [0.15, 0.2) is 4.99 Å². The van der Waals surface area contributed by atoms with Crippen molar-refractivity contribution in [2.24, 2.45) is 4.99 Å². The Kier molecular flexibility index (Phi) is 1.76. The number of carbonyl (C=O) groups excluding carboxylic acids is 1. The first-order valence-corrected chi connectivity index (χ1v) is 3.48. The van der Waals surface area contributed by atoms with Gasteiger partial charge in [-0.15, -0.1) is 0 Å². The molecule has 1 aliphatic rings. The van der Waals surface area contributed by atoms with Crippen molar-refractivity contribution < 1.29 is 14.7 Å². The van der Waals surface area contributed by atoms with Gasteiger partial charge in [-0.3, -0.25) is 9.59 Å². The van der Waals surface area contributed by atoms with Gasteiger partial charge >= 0.3 is 11.2 Å². The Morgan fingerprint density at radius 2 is 2.40 bits per heavy atom. The van der Waals surface area contributed by atoms with Crippen LogP contribution in [0, 0.1) is 0 Å². The van der Waals surface area contributed by atoms with Gasteiger partial charge in [0.1, 0.15) is 5.25 Å². The summed E-state index contributed by atoms with van der Waals surface area (Å²) >= 11 is 0.740. The van der Waals surface area contributed by atoms with Crippen molar-refractivity contribution in [2.75, 3.05) is 0 Å². The molecule has 0 aromatic carbocycles. The highest BCUT2D eigenvalue weighted by atomic mass is 32.2. The van der Waals surface area contributed by atoms with Crippen molar-refractivity contribution in [1.82, 2.24) is 0 Å². The molecule has 1 rings (SSSR count). The molecule has 1 atom stereocenters. The Hall–Kier alpha value is -0.840. The van der Waals surface area contributed by atoms with Gasteiger partial charge in [-0.1, -0.05) is 0 Å². The van der Waals surface area contributed by atoms with E-state index in [9.17, 15) is 9.59 Å². The Balaban J connectivity index is 2.78. The van der Waals surface area contributed by atoms with E-state index in [2.05, 4.69) is 4.99 Å². The molecule has 1 aliphatic heterocycles. The second-order valence-electron chi connectivity index (χ2n) is 1.86. The largest absolute Gasteiger partial charge is 0.480 e. The standard InChI is InChI=1S/C5H5NO3S/c1-2-3(4(7)8)10-5(9)6-2/h3H,1H3,(H,7,8). The molecule has 4 nitrogen and oxygen atoms in total. The van der Waals surface area contributed by atoms with E-state index in [0.29, 0.717) is 5.71 Å². The first-order valence-electron chi connectivity index (χ1n) is 2.60. The molecule has 1 amide bonds. The van der Waals surface area contributed by atoms with Gasteiger partial charge in [0.15, 0.2) is 0 Å². The summed E-state index contributed by atoms with van der Waals surface area (Å²) in [6.45, 7) is 1.54. The number of aliphatic imine (C=N–C) groups is 1. The Morgan fingerprint density at radius 3 is 2.60 bits per heavy atom. The second kappa shape index (κ2) is 2.42. The highest BCUT2D eigenvalue weighted by Gasteiger charge is 2.30. The number of rotatable bonds is 1. The van der Waals surface area contributed by atoms with Crippen LogP contribution >= 0.6 is 11.8 Å². The number of aliphatic carboxylic acids is 1. The number of thioether (sulfide) groups is 1. The van der Waals surface area contributed by atoms with E-state index in [1.807, 2.05) is 0 Å². The maximum atomic E-state index is 10.5. The predicted molar refractivity (Wildman–Crippen MR) is 37.5 cm³/mol. The van der Waals surface area contributed by atoms with Crippen LogP contribution in [0.25, 0.3) is 0 Å². The summed E-state index contributed by atoms with van der Waals surface area (Å²) in [4.78, 5) is 24.2. The van der Waals surface area contributed by atoms with E-state index in [4.69, 9.17) is 5.11 Å². The van der Waals surface area contributed by atoms with Crippen LogP contribution in [-0.4, -0.2) is 27.3 Å². The fraction of sp³-hybridized carbons (Fsp3) is 0.400. The second-order valence-corrected chi connectivity index (χ2v) is 2.91. The Morgan fingerprint density at radius 1 is 1.80 bits per heavy atom. The minimum absolute atomic E-state index is 0.377. The van der Waals surface area contributed by atoms with Gasteiger partial charge in [-0.25, -0.2) is 4.99 Å². The molecule has 0 aromatic rings. The summed E-state index contributed by atoms with van der Waals surface area (Å²) in [5.41, 5.74) is 0.377. The maximum Gasteiger partial charge on any atom is 0.322 e. The van der Waals surface area contributed by atoms with Gasteiger partial charge < -0.3 is 5.11 Å². The van der Waals surface area contributed by atoms with Crippen molar-refractivity contribution >= 4 is 28.7 Å². The summed E-state index contributed by atoms with van der Waals surface area (Å²) < 4.78 is 0. The normalized spacial score (nSPS) is 24.7. The monoisotopic (exact) mass is 159 g/mol. The quantitative estimate of drug-likeness (QED) is 0.613. The van der Waals surface area contributed by atoms with E-state index in [-0.39, 0.29) is 0 Å². The molecule has 0 fully saturated rings. The molecule has 1 unspecified atom stereocenters. The zero-order chi connectivity index (χ0) is 7.72. The number of amides is 1. The molecule has 10 heavy (non-hydrogen) atoms. The number of hydrogen-bond donors (Lipinski definition) is 1. The average Bonchev–Trinajstić information content (AvgIpc) is 2.10. The van der Waals surface area contributed by atoms with Gasteiger partial charge in [0.25, 0.3) is 0 Å². The van der Waals surface area contributed by atoms with Crippen LogP contribution < -0.4 is 0 Å². The summed E-state index contributed by atoms with van der Waals surface area (Å²) in [6, 6.07) is 0. The molecular weight excluding hydrogens is 154 g/mol. The van der Waals surface area contributed by atoms with Crippen LogP contribution in [0.2, 0.25) is 0 Å².